The molecule has 1 fully saturated rings. The number of halogens is 1. The molecular weight excluding hydrogens is 406 g/mol. The minimum atomic E-state index is 0.491. The van der Waals surface area contributed by atoms with Gasteiger partial charge < -0.3 is 14.8 Å². The van der Waals surface area contributed by atoms with Gasteiger partial charge in [0.05, 0.1) is 0 Å². The highest BCUT2D eigenvalue weighted by Gasteiger charge is 2.23. The summed E-state index contributed by atoms with van der Waals surface area (Å²) in [5.41, 5.74) is 4.48. The largest absolute Gasteiger partial charge is 0.342 e. The van der Waals surface area contributed by atoms with Gasteiger partial charge in [-0.25, -0.2) is 4.98 Å². The Labute approximate surface area is 193 Å². The van der Waals surface area contributed by atoms with E-state index in [-0.39, 0.29) is 0 Å². The van der Waals surface area contributed by atoms with E-state index in [2.05, 4.69) is 59.8 Å². The summed E-state index contributed by atoms with van der Waals surface area (Å²) < 4.78 is 1.97. The third kappa shape index (κ3) is 7.51. The smallest absolute Gasteiger partial charge is 0.175 e. The highest BCUT2D eigenvalue weighted by Crippen LogP contribution is 2.34. The number of aliphatic imine (C=N–C) groups is 1. The number of nitrogens with zero attached hydrogens (tertiary/aromatic N) is 4. The maximum atomic E-state index is 6.92. The van der Waals surface area contributed by atoms with Gasteiger partial charge in [-0.1, -0.05) is 41.5 Å². The Hall–Kier alpha value is -2.11. The summed E-state index contributed by atoms with van der Waals surface area (Å²) in [6.07, 6.45) is 11.1. The Bertz CT molecular complexity index is 879. The summed E-state index contributed by atoms with van der Waals surface area (Å²) in [5, 5.41) is 4.30. The molecular formula is C25H38ClN5. The van der Waals surface area contributed by atoms with E-state index in [0.717, 1.165) is 60.3 Å². The maximum absolute atomic E-state index is 6.92. The number of likely N-dealkylation sites (tertiary alicyclic amines) is 1. The van der Waals surface area contributed by atoms with Crippen LogP contribution >= 0.6 is 11.6 Å². The summed E-state index contributed by atoms with van der Waals surface area (Å²) in [6, 6.07) is 0. The van der Waals surface area contributed by atoms with Crippen LogP contribution < -0.4 is 5.32 Å². The third-order valence-corrected chi connectivity index (χ3v) is 6.11. The lowest BCUT2D eigenvalue weighted by Gasteiger charge is -2.31. The number of hydrogen-bond acceptors (Lipinski definition) is 3. The summed E-state index contributed by atoms with van der Waals surface area (Å²) >= 11 is 6.92. The third-order valence-electron chi connectivity index (χ3n) is 5.57. The van der Waals surface area contributed by atoms with Crippen LogP contribution in [0.15, 0.2) is 63.6 Å². The first kappa shape index (κ1) is 25.2. The molecule has 0 radical (unpaired) electrons. The van der Waals surface area contributed by atoms with E-state index >= 15 is 0 Å². The van der Waals surface area contributed by atoms with Gasteiger partial charge >= 0.3 is 0 Å². The summed E-state index contributed by atoms with van der Waals surface area (Å²) in [4.78, 5) is 11.4. The number of hydrogen-bond donors (Lipinski definition) is 1. The van der Waals surface area contributed by atoms with Crippen molar-refractivity contribution >= 4 is 17.4 Å². The quantitative estimate of drug-likeness (QED) is 0.331. The summed E-state index contributed by atoms with van der Waals surface area (Å²) in [6.45, 7) is 15.2. The molecule has 1 aromatic heterocycles. The summed E-state index contributed by atoms with van der Waals surface area (Å²) in [5.74, 6) is 2.10. The molecule has 0 atom stereocenters. The van der Waals surface area contributed by atoms with Crippen LogP contribution in [-0.2, 0) is 7.05 Å². The van der Waals surface area contributed by atoms with Gasteiger partial charge in [0.15, 0.2) is 11.7 Å². The van der Waals surface area contributed by atoms with E-state index in [1.54, 1.807) is 6.20 Å². The second kappa shape index (κ2) is 12.1. The Morgan fingerprint density at radius 2 is 1.97 bits per heavy atom. The normalized spacial score (nSPS) is 18.2. The van der Waals surface area contributed by atoms with Crippen molar-refractivity contribution in [3.8, 4) is 0 Å². The number of nitrogens with one attached hydrogen (secondary N) is 1. The fourth-order valence-corrected chi connectivity index (χ4v) is 4.03. The lowest BCUT2D eigenvalue weighted by molar-refractivity contribution is 0.239. The fourth-order valence-electron chi connectivity index (χ4n) is 3.74. The Morgan fingerprint density at radius 3 is 2.52 bits per heavy atom. The average Bonchev–Trinajstić information content (AvgIpc) is 3.15. The van der Waals surface area contributed by atoms with Crippen LogP contribution in [0.2, 0.25) is 0 Å². The molecule has 1 aliphatic rings. The van der Waals surface area contributed by atoms with Crippen LogP contribution in [-0.4, -0.2) is 47.0 Å². The van der Waals surface area contributed by atoms with Gasteiger partial charge in [-0.15, -0.1) is 0 Å². The number of piperidine rings is 1. The molecule has 0 saturated carbocycles. The van der Waals surface area contributed by atoms with E-state index in [1.807, 2.05) is 31.7 Å². The first-order valence-corrected chi connectivity index (χ1v) is 11.5. The molecule has 0 bridgehead atoms. The Balaban J connectivity index is 2.16. The van der Waals surface area contributed by atoms with Gasteiger partial charge in [-0.3, -0.25) is 4.99 Å². The van der Waals surface area contributed by atoms with Crippen molar-refractivity contribution in [2.75, 3.05) is 26.7 Å². The minimum absolute atomic E-state index is 0.491. The van der Waals surface area contributed by atoms with Crippen LogP contribution in [0.5, 0.6) is 0 Å². The lowest BCUT2D eigenvalue weighted by Crippen LogP contribution is -2.31. The fraction of sp³-hybridized carbons (Fsp3) is 0.520. The second-order valence-electron chi connectivity index (χ2n) is 8.52. The van der Waals surface area contributed by atoms with E-state index in [1.165, 1.54) is 11.1 Å². The topological polar surface area (TPSA) is 45.5 Å². The monoisotopic (exact) mass is 443 g/mol. The zero-order valence-electron chi connectivity index (χ0n) is 20.0. The molecule has 0 amide bonds. The molecule has 1 aliphatic heterocycles. The standard InChI is InChI=1S/C25H38ClN5/c1-8-27-24(25-28-13-16-31(25)7)29-20(5)10-9-19(4)23(26)22(17-18(2)3)21-11-14-30(6)15-12-21/h10,13,16-17,21H,2,8-9,11-12,14-15H2,1,3-7H3,(H,27,29)/b20-10-,22-17?,23-19?. The molecule has 170 valence electrons. The van der Waals surface area contributed by atoms with Crippen molar-refractivity contribution in [1.82, 2.24) is 19.8 Å². The molecule has 6 heteroatoms. The van der Waals surface area contributed by atoms with Gasteiger partial charge in [-0.05, 0) is 78.6 Å². The van der Waals surface area contributed by atoms with E-state index in [4.69, 9.17) is 11.6 Å². The van der Waals surface area contributed by atoms with Crippen LogP contribution in [0.25, 0.3) is 0 Å². The highest BCUT2D eigenvalue weighted by molar-refractivity contribution is 6.32. The van der Waals surface area contributed by atoms with Crippen LogP contribution in [0.3, 0.4) is 0 Å². The van der Waals surface area contributed by atoms with Crippen molar-refractivity contribution in [1.29, 1.82) is 0 Å². The minimum Gasteiger partial charge on any atom is -0.342 e. The lowest BCUT2D eigenvalue weighted by atomic mass is 9.86. The number of rotatable bonds is 8. The molecule has 0 aliphatic carbocycles. The predicted molar refractivity (Wildman–Crippen MR) is 133 cm³/mol. The second-order valence-corrected chi connectivity index (χ2v) is 8.90. The zero-order valence-corrected chi connectivity index (χ0v) is 20.8. The molecule has 5 nitrogen and oxygen atoms in total. The molecule has 2 heterocycles. The molecule has 1 N–H and O–H groups in total. The number of aromatic nitrogens is 2. The van der Waals surface area contributed by atoms with Crippen molar-refractivity contribution < 1.29 is 0 Å². The van der Waals surface area contributed by atoms with Crippen LogP contribution in [0, 0.1) is 5.92 Å². The summed E-state index contributed by atoms with van der Waals surface area (Å²) in [7, 11) is 4.15. The van der Waals surface area contributed by atoms with Crippen molar-refractivity contribution in [2.45, 2.75) is 47.0 Å². The molecule has 0 spiro atoms. The van der Waals surface area contributed by atoms with Gasteiger partial charge in [0.2, 0.25) is 0 Å². The Kier molecular flexibility index (Phi) is 9.79. The van der Waals surface area contributed by atoms with Crippen LogP contribution in [0.4, 0.5) is 0 Å². The van der Waals surface area contributed by atoms with Crippen molar-refractivity contribution in [3.63, 3.8) is 0 Å². The molecule has 1 aromatic rings. The molecule has 1 saturated heterocycles. The predicted octanol–water partition coefficient (Wildman–Crippen LogP) is 5.43. The maximum Gasteiger partial charge on any atom is 0.175 e. The molecule has 0 unspecified atom stereocenters. The number of amidine groups is 1. The number of aryl methyl sites for hydroxylation is 1. The van der Waals surface area contributed by atoms with Gasteiger partial charge in [0, 0.05) is 36.7 Å². The van der Waals surface area contributed by atoms with Gasteiger partial charge in [-0.2, -0.15) is 0 Å². The molecule has 0 aromatic carbocycles. The van der Waals surface area contributed by atoms with E-state index in [9.17, 15) is 0 Å². The van der Waals surface area contributed by atoms with Gasteiger partial charge in [0.25, 0.3) is 0 Å². The first-order valence-electron chi connectivity index (χ1n) is 11.1. The Morgan fingerprint density at radius 1 is 1.29 bits per heavy atom. The number of imidazole rings is 1. The van der Waals surface area contributed by atoms with E-state index in [0.29, 0.717) is 12.5 Å². The van der Waals surface area contributed by atoms with Crippen LogP contribution in [0.1, 0.15) is 52.8 Å². The number of allylic oxidation sites excluding steroid dienone is 7. The van der Waals surface area contributed by atoms with E-state index < -0.39 is 0 Å². The SMILES string of the molecule is C=C(C)C=C(C(Cl)=C(C)C/C=C(/C)NC(=NCC)c1nccn1C)C1CCN(C)CC1. The van der Waals surface area contributed by atoms with Crippen molar-refractivity contribution in [3.05, 3.63) is 64.4 Å². The molecule has 2 rings (SSSR count). The van der Waals surface area contributed by atoms with Gasteiger partial charge in [0.1, 0.15) is 0 Å². The first-order chi connectivity index (χ1) is 14.7. The highest BCUT2D eigenvalue weighted by atomic mass is 35.5. The molecule has 31 heavy (non-hydrogen) atoms. The van der Waals surface area contributed by atoms with Crippen molar-refractivity contribution in [2.24, 2.45) is 18.0 Å². The average molecular weight is 444 g/mol. The zero-order chi connectivity index (χ0) is 23.0.